The lowest BCUT2D eigenvalue weighted by atomic mass is 10.2. The molecule has 1 N–H and O–H groups in total. The Bertz CT molecular complexity index is 475. The number of aryl methyl sites for hydroxylation is 1. The second kappa shape index (κ2) is 7.47. The molecule has 0 saturated carbocycles. The van der Waals surface area contributed by atoms with Gasteiger partial charge in [-0.3, -0.25) is 9.59 Å². The maximum absolute atomic E-state index is 11.9. The van der Waals surface area contributed by atoms with Gasteiger partial charge in [-0.1, -0.05) is 13.3 Å². The van der Waals surface area contributed by atoms with Crippen molar-refractivity contribution in [3.05, 3.63) is 27.3 Å². The minimum atomic E-state index is -0.581. The van der Waals surface area contributed by atoms with Crippen molar-refractivity contribution in [3.63, 3.8) is 0 Å². The van der Waals surface area contributed by atoms with E-state index in [2.05, 4.69) is 27.9 Å². The molecule has 4 nitrogen and oxygen atoms in total. The van der Waals surface area contributed by atoms with E-state index in [1.54, 1.807) is 7.05 Å². The van der Waals surface area contributed by atoms with E-state index in [0.717, 1.165) is 22.0 Å². The van der Waals surface area contributed by atoms with Gasteiger partial charge in [0, 0.05) is 22.8 Å². The largest absolute Gasteiger partial charge is 0.338 e. The fraction of sp³-hybridized carbons (Fsp3) is 0.429. The molecule has 2 amide bonds. The molecular formula is C14H19IN2O2. The van der Waals surface area contributed by atoms with Gasteiger partial charge in [-0.15, -0.1) is 0 Å². The standard InChI is InChI=1S/C14H19IN2O2/c1-4-5-8-17(3)14(19)13(18)16-12-7-6-11(15)9-10(12)2/h6-7,9H,4-5,8H2,1-3H3,(H,16,18). The van der Waals surface area contributed by atoms with Gasteiger partial charge in [0.1, 0.15) is 0 Å². The zero-order chi connectivity index (χ0) is 14.4. The quantitative estimate of drug-likeness (QED) is 0.651. The Hall–Kier alpha value is -1.11. The number of unbranched alkanes of at least 4 members (excludes halogenated alkanes) is 1. The van der Waals surface area contributed by atoms with Crippen LogP contribution in [0.2, 0.25) is 0 Å². The molecule has 0 fully saturated rings. The summed E-state index contributed by atoms with van der Waals surface area (Å²) < 4.78 is 1.10. The third-order valence-electron chi connectivity index (χ3n) is 2.82. The van der Waals surface area contributed by atoms with E-state index in [9.17, 15) is 9.59 Å². The first kappa shape index (κ1) is 15.9. The lowest BCUT2D eigenvalue weighted by molar-refractivity contribution is -0.142. The predicted molar refractivity (Wildman–Crippen MR) is 85.1 cm³/mol. The summed E-state index contributed by atoms with van der Waals surface area (Å²) in [4.78, 5) is 25.2. The third kappa shape index (κ3) is 4.81. The molecule has 0 aromatic heterocycles. The molecule has 0 atom stereocenters. The first-order valence-corrected chi connectivity index (χ1v) is 7.36. The molecule has 19 heavy (non-hydrogen) atoms. The van der Waals surface area contributed by atoms with Crippen LogP contribution in [-0.2, 0) is 9.59 Å². The van der Waals surface area contributed by atoms with E-state index >= 15 is 0 Å². The number of amides is 2. The number of carbonyl (C=O) groups is 2. The molecule has 0 spiro atoms. The molecule has 0 aliphatic carbocycles. The van der Waals surface area contributed by atoms with E-state index in [4.69, 9.17) is 0 Å². The van der Waals surface area contributed by atoms with E-state index in [1.807, 2.05) is 32.0 Å². The van der Waals surface area contributed by atoms with Crippen molar-refractivity contribution in [2.75, 3.05) is 18.9 Å². The second-order valence-electron chi connectivity index (χ2n) is 4.49. The van der Waals surface area contributed by atoms with Gasteiger partial charge >= 0.3 is 11.8 Å². The third-order valence-corrected chi connectivity index (χ3v) is 3.50. The van der Waals surface area contributed by atoms with Gasteiger partial charge in [0.15, 0.2) is 0 Å². The van der Waals surface area contributed by atoms with E-state index in [-0.39, 0.29) is 0 Å². The van der Waals surface area contributed by atoms with Crippen molar-refractivity contribution in [1.29, 1.82) is 0 Å². The van der Waals surface area contributed by atoms with Gasteiger partial charge < -0.3 is 10.2 Å². The van der Waals surface area contributed by atoms with Gasteiger partial charge in [0.25, 0.3) is 0 Å². The van der Waals surface area contributed by atoms with Crippen molar-refractivity contribution >= 4 is 40.1 Å². The minimum Gasteiger partial charge on any atom is -0.338 e. The number of hydrogen-bond donors (Lipinski definition) is 1. The zero-order valence-corrected chi connectivity index (χ0v) is 13.7. The number of anilines is 1. The number of rotatable bonds is 4. The Morgan fingerprint density at radius 2 is 2.05 bits per heavy atom. The molecule has 0 saturated heterocycles. The Morgan fingerprint density at radius 1 is 1.37 bits per heavy atom. The Kier molecular flexibility index (Phi) is 6.27. The molecule has 104 valence electrons. The molecule has 0 aliphatic heterocycles. The first-order valence-electron chi connectivity index (χ1n) is 6.28. The molecule has 0 unspecified atom stereocenters. The van der Waals surface area contributed by atoms with Crippen molar-refractivity contribution in [1.82, 2.24) is 4.90 Å². The van der Waals surface area contributed by atoms with Gasteiger partial charge in [-0.25, -0.2) is 0 Å². The highest BCUT2D eigenvalue weighted by molar-refractivity contribution is 14.1. The lowest BCUT2D eigenvalue weighted by Crippen LogP contribution is -2.37. The Balaban J connectivity index is 2.66. The van der Waals surface area contributed by atoms with Crippen molar-refractivity contribution in [2.24, 2.45) is 0 Å². The normalized spacial score (nSPS) is 10.1. The topological polar surface area (TPSA) is 49.4 Å². The van der Waals surface area contributed by atoms with Crippen molar-refractivity contribution in [3.8, 4) is 0 Å². The van der Waals surface area contributed by atoms with Gasteiger partial charge in [0.2, 0.25) is 0 Å². The summed E-state index contributed by atoms with van der Waals surface area (Å²) in [5, 5.41) is 2.66. The number of halogens is 1. The van der Waals surface area contributed by atoms with Crippen LogP contribution in [0.3, 0.4) is 0 Å². The van der Waals surface area contributed by atoms with Crippen LogP contribution in [0, 0.1) is 10.5 Å². The molecule has 0 aliphatic rings. The molecule has 0 radical (unpaired) electrons. The summed E-state index contributed by atoms with van der Waals surface area (Å²) in [5.41, 5.74) is 1.63. The van der Waals surface area contributed by atoms with Crippen LogP contribution in [-0.4, -0.2) is 30.3 Å². The smallest absolute Gasteiger partial charge is 0.313 e. The summed E-state index contributed by atoms with van der Waals surface area (Å²) in [6, 6.07) is 5.67. The minimum absolute atomic E-state index is 0.494. The van der Waals surface area contributed by atoms with Crippen molar-refractivity contribution in [2.45, 2.75) is 26.7 Å². The van der Waals surface area contributed by atoms with Crippen LogP contribution in [0.5, 0.6) is 0 Å². The Morgan fingerprint density at radius 3 is 2.63 bits per heavy atom. The molecule has 5 heteroatoms. The van der Waals surface area contributed by atoms with E-state index in [1.165, 1.54) is 4.90 Å². The SMILES string of the molecule is CCCCN(C)C(=O)C(=O)Nc1ccc(I)cc1C. The summed E-state index contributed by atoms with van der Waals surface area (Å²) >= 11 is 2.21. The Labute approximate surface area is 127 Å². The number of hydrogen-bond acceptors (Lipinski definition) is 2. The fourth-order valence-corrected chi connectivity index (χ4v) is 2.26. The van der Waals surface area contributed by atoms with Crippen LogP contribution in [0.25, 0.3) is 0 Å². The number of nitrogens with one attached hydrogen (secondary N) is 1. The average Bonchev–Trinajstić information content (AvgIpc) is 2.38. The molecule has 0 bridgehead atoms. The van der Waals surface area contributed by atoms with Gasteiger partial charge in [-0.05, 0) is 59.7 Å². The number of nitrogens with zero attached hydrogens (tertiary/aromatic N) is 1. The lowest BCUT2D eigenvalue weighted by Gasteiger charge is -2.16. The monoisotopic (exact) mass is 374 g/mol. The average molecular weight is 374 g/mol. The highest BCUT2D eigenvalue weighted by Crippen LogP contribution is 2.17. The fourth-order valence-electron chi connectivity index (χ4n) is 1.61. The van der Waals surface area contributed by atoms with Crippen LogP contribution in [0.15, 0.2) is 18.2 Å². The second-order valence-corrected chi connectivity index (χ2v) is 5.74. The molecular weight excluding hydrogens is 355 g/mol. The van der Waals surface area contributed by atoms with E-state index < -0.39 is 11.8 Å². The zero-order valence-electron chi connectivity index (χ0n) is 11.5. The summed E-state index contributed by atoms with van der Waals surface area (Å²) in [5.74, 6) is -1.07. The molecule has 1 rings (SSSR count). The number of likely N-dealkylation sites (N-methyl/N-ethyl adjacent to an activating group) is 1. The highest BCUT2D eigenvalue weighted by atomic mass is 127. The maximum Gasteiger partial charge on any atom is 0.313 e. The van der Waals surface area contributed by atoms with Gasteiger partial charge in [-0.2, -0.15) is 0 Å². The molecule has 1 aromatic rings. The van der Waals surface area contributed by atoms with Crippen LogP contribution < -0.4 is 5.32 Å². The predicted octanol–water partition coefficient (Wildman–Crippen LogP) is 2.80. The first-order chi connectivity index (χ1) is 8.95. The van der Waals surface area contributed by atoms with Crippen molar-refractivity contribution < 1.29 is 9.59 Å². The molecule has 0 heterocycles. The summed E-state index contributed by atoms with van der Waals surface area (Å²) in [7, 11) is 1.65. The van der Waals surface area contributed by atoms with Crippen LogP contribution in [0.1, 0.15) is 25.3 Å². The highest BCUT2D eigenvalue weighted by Gasteiger charge is 2.18. The van der Waals surface area contributed by atoms with Gasteiger partial charge in [0.05, 0.1) is 0 Å². The number of benzene rings is 1. The maximum atomic E-state index is 11.9. The number of carbonyl (C=O) groups excluding carboxylic acids is 2. The molecule has 1 aromatic carbocycles. The van der Waals surface area contributed by atoms with Crippen LogP contribution >= 0.6 is 22.6 Å². The summed E-state index contributed by atoms with van der Waals surface area (Å²) in [6.07, 6.45) is 1.90. The van der Waals surface area contributed by atoms with Crippen LogP contribution in [0.4, 0.5) is 5.69 Å². The van der Waals surface area contributed by atoms with E-state index in [0.29, 0.717) is 12.2 Å². The summed E-state index contributed by atoms with van der Waals surface area (Å²) in [6.45, 7) is 4.56.